The first kappa shape index (κ1) is 13.7. The minimum Gasteiger partial charge on any atom is -0.308 e. The van der Waals surface area contributed by atoms with E-state index in [1.807, 2.05) is 10.7 Å². The van der Waals surface area contributed by atoms with Crippen LogP contribution in [0.4, 0.5) is 0 Å². The molecule has 5 nitrogen and oxygen atoms in total. The second-order valence-corrected chi connectivity index (χ2v) is 5.11. The van der Waals surface area contributed by atoms with Crippen molar-refractivity contribution in [3.63, 3.8) is 0 Å². The Morgan fingerprint density at radius 1 is 1.21 bits per heavy atom. The van der Waals surface area contributed by atoms with Crippen molar-refractivity contribution in [3.05, 3.63) is 41.2 Å². The highest BCUT2D eigenvalue weighted by Gasteiger charge is 2.16. The van der Waals surface area contributed by atoms with Gasteiger partial charge in [0.05, 0.1) is 12.6 Å². The van der Waals surface area contributed by atoms with Crippen LogP contribution < -0.4 is 5.32 Å². The van der Waals surface area contributed by atoms with Crippen molar-refractivity contribution in [1.82, 2.24) is 25.5 Å². The van der Waals surface area contributed by atoms with Crippen LogP contribution in [0.1, 0.15) is 43.8 Å². The van der Waals surface area contributed by atoms with Gasteiger partial charge in [-0.3, -0.25) is 0 Å². The van der Waals surface area contributed by atoms with Crippen molar-refractivity contribution < 1.29 is 0 Å². The van der Waals surface area contributed by atoms with Crippen LogP contribution in [0.2, 0.25) is 0 Å². The van der Waals surface area contributed by atoms with Crippen molar-refractivity contribution >= 4 is 0 Å². The topological polar surface area (TPSA) is 55.6 Å². The molecule has 19 heavy (non-hydrogen) atoms. The summed E-state index contributed by atoms with van der Waals surface area (Å²) in [5.41, 5.74) is 2.51. The van der Waals surface area contributed by atoms with Crippen LogP contribution >= 0.6 is 0 Å². The van der Waals surface area contributed by atoms with E-state index in [-0.39, 0.29) is 6.04 Å². The molecule has 1 heterocycles. The van der Waals surface area contributed by atoms with Crippen LogP contribution in [0, 0.1) is 6.92 Å². The van der Waals surface area contributed by atoms with Crippen LogP contribution in [-0.2, 0) is 6.54 Å². The first-order valence-corrected chi connectivity index (χ1v) is 6.65. The largest absolute Gasteiger partial charge is 0.308 e. The predicted molar refractivity (Wildman–Crippen MR) is 74.8 cm³/mol. The number of aromatic nitrogens is 4. The minimum atomic E-state index is 0.139. The van der Waals surface area contributed by atoms with E-state index in [2.05, 4.69) is 66.7 Å². The highest BCUT2D eigenvalue weighted by molar-refractivity contribution is 5.28. The number of nitrogens with one attached hydrogen (secondary N) is 1. The number of hydrogen-bond acceptors (Lipinski definition) is 4. The molecule has 2 rings (SSSR count). The van der Waals surface area contributed by atoms with Gasteiger partial charge in [0.25, 0.3) is 0 Å². The minimum absolute atomic E-state index is 0.139. The summed E-state index contributed by atoms with van der Waals surface area (Å²) in [5.74, 6) is 0.865. The van der Waals surface area contributed by atoms with Gasteiger partial charge in [-0.1, -0.05) is 38.1 Å². The smallest absolute Gasteiger partial charge is 0.165 e. The fourth-order valence-electron chi connectivity index (χ4n) is 2.11. The average Bonchev–Trinajstić information content (AvgIpc) is 2.84. The maximum absolute atomic E-state index is 4.13. The Labute approximate surface area is 114 Å². The van der Waals surface area contributed by atoms with Crippen molar-refractivity contribution in [1.29, 1.82) is 0 Å². The highest BCUT2D eigenvalue weighted by Crippen LogP contribution is 2.20. The van der Waals surface area contributed by atoms with Gasteiger partial charge >= 0.3 is 0 Å². The monoisotopic (exact) mass is 259 g/mol. The molecule has 0 radical (unpaired) electrons. The van der Waals surface area contributed by atoms with E-state index in [0.717, 1.165) is 5.82 Å². The van der Waals surface area contributed by atoms with Crippen molar-refractivity contribution in [2.75, 3.05) is 0 Å². The molecule has 2 aromatic rings. The maximum Gasteiger partial charge on any atom is 0.165 e. The summed E-state index contributed by atoms with van der Waals surface area (Å²) < 4.78 is 1.89. The van der Waals surface area contributed by atoms with Gasteiger partial charge in [-0.05, 0) is 35.4 Å². The van der Waals surface area contributed by atoms with Crippen molar-refractivity contribution in [3.8, 4) is 0 Å². The lowest BCUT2D eigenvalue weighted by atomic mass is 10.0. The fraction of sp³-hybridized carbons (Fsp3) is 0.500. The Morgan fingerprint density at radius 2 is 1.95 bits per heavy atom. The van der Waals surface area contributed by atoms with E-state index in [1.165, 1.54) is 11.1 Å². The van der Waals surface area contributed by atoms with E-state index in [0.29, 0.717) is 12.6 Å². The Balaban J connectivity index is 2.22. The van der Waals surface area contributed by atoms with Gasteiger partial charge in [-0.25, -0.2) is 4.68 Å². The zero-order valence-electron chi connectivity index (χ0n) is 12.0. The normalized spacial score (nSPS) is 12.9. The molecule has 102 valence electrons. The third kappa shape index (κ3) is 3.17. The van der Waals surface area contributed by atoms with Crippen LogP contribution in [0.25, 0.3) is 0 Å². The third-order valence-corrected chi connectivity index (χ3v) is 3.23. The molecule has 0 aliphatic carbocycles. The highest BCUT2D eigenvalue weighted by atomic mass is 15.6. The van der Waals surface area contributed by atoms with Crippen LogP contribution in [-0.4, -0.2) is 26.2 Å². The van der Waals surface area contributed by atoms with Crippen LogP contribution in [0.3, 0.4) is 0 Å². The summed E-state index contributed by atoms with van der Waals surface area (Å²) in [6.07, 6.45) is 0. The molecule has 0 spiro atoms. The summed E-state index contributed by atoms with van der Waals surface area (Å²) in [4.78, 5) is 0. The molecule has 0 bridgehead atoms. The average molecular weight is 259 g/mol. The first-order valence-electron chi connectivity index (χ1n) is 6.65. The summed E-state index contributed by atoms with van der Waals surface area (Å²) in [6.45, 7) is 9.14. The lowest BCUT2D eigenvalue weighted by molar-refractivity contribution is 0.489. The summed E-state index contributed by atoms with van der Waals surface area (Å²) in [6, 6.07) is 8.89. The summed E-state index contributed by atoms with van der Waals surface area (Å²) >= 11 is 0. The van der Waals surface area contributed by atoms with Crippen molar-refractivity contribution in [2.24, 2.45) is 0 Å². The molecule has 0 saturated heterocycles. The molecular formula is C14H21N5. The Morgan fingerprint density at radius 3 is 2.63 bits per heavy atom. The van der Waals surface area contributed by atoms with Gasteiger partial charge in [0.15, 0.2) is 5.82 Å². The maximum atomic E-state index is 4.13. The van der Waals surface area contributed by atoms with E-state index < -0.39 is 0 Å². The number of rotatable bonds is 5. The Hall–Kier alpha value is -1.75. The van der Waals surface area contributed by atoms with E-state index >= 15 is 0 Å². The van der Waals surface area contributed by atoms with E-state index in [9.17, 15) is 0 Å². The van der Waals surface area contributed by atoms with Gasteiger partial charge < -0.3 is 5.32 Å². The van der Waals surface area contributed by atoms with Crippen molar-refractivity contribution in [2.45, 2.75) is 46.3 Å². The third-order valence-electron chi connectivity index (χ3n) is 3.23. The zero-order valence-corrected chi connectivity index (χ0v) is 12.0. The quantitative estimate of drug-likeness (QED) is 0.893. The fourth-order valence-corrected chi connectivity index (χ4v) is 2.11. The number of hydrogen-bond donors (Lipinski definition) is 1. The lowest BCUT2D eigenvalue weighted by Gasteiger charge is -2.16. The molecule has 1 aromatic carbocycles. The molecule has 0 aliphatic rings. The first-order chi connectivity index (χ1) is 9.09. The standard InChI is InChI=1S/C14H21N5/c1-10(2)15-9-14-16-17-18-19(14)12(4)13-8-6-5-7-11(13)3/h5-8,10,12,15H,9H2,1-4H3. The Bertz CT molecular complexity index is 532. The Kier molecular flexibility index (Phi) is 4.27. The molecule has 0 fully saturated rings. The molecule has 1 unspecified atom stereocenters. The van der Waals surface area contributed by atoms with Crippen LogP contribution in [0.15, 0.2) is 24.3 Å². The SMILES string of the molecule is Cc1ccccc1C(C)n1nnnc1CNC(C)C. The van der Waals surface area contributed by atoms with Gasteiger partial charge in [0.2, 0.25) is 0 Å². The van der Waals surface area contributed by atoms with Gasteiger partial charge in [0.1, 0.15) is 0 Å². The van der Waals surface area contributed by atoms with E-state index in [1.54, 1.807) is 0 Å². The second kappa shape index (κ2) is 5.93. The van der Waals surface area contributed by atoms with Gasteiger partial charge in [-0.2, -0.15) is 0 Å². The second-order valence-electron chi connectivity index (χ2n) is 5.11. The molecule has 1 aromatic heterocycles. The summed E-state index contributed by atoms with van der Waals surface area (Å²) in [7, 11) is 0. The number of benzene rings is 1. The molecule has 0 amide bonds. The van der Waals surface area contributed by atoms with Crippen LogP contribution in [0.5, 0.6) is 0 Å². The zero-order chi connectivity index (χ0) is 13.8. The molecule has 5 heteroatoms. The molecule has 0 aliphatic heterocycles. The van der Waals surface area contributed by atoms with Gasteiger partial charge in [-0.15, -0.1) is 5.10 Å². The lowest BCUT2D eigenvalue weighted by Crippen LogP contribution is -2.25. The molecule has 1 atom stereocenters. The number of tetrazole rings is 1. The number of nitrogens with zero attached hydrogens (tertiary/aromatic N) is 4. The van der Waals surface area contributed by atoms with Gasteiger partial charge in [0, 0.05) is 6.04 Å². The number of aryl methyl sites for hydroxylation is 1. The van der Waals surface area contributed by atoms with E-state index in [4.69, 9.17) is 0 Å². The summed E-state index contributed by atoms with van der Waals surface area (Å²) in [5, 5.41) is 15.4. The molecular weight excluding hydrogens is 238 g/mol. The molecule has 1 N–H and O–H groups in total. The predicted octanol–water partition coefficient (Wildman–Crippen LogP) is 2.09. The molecule has 0 saturated carbocycles.